The van der Waals surface area contributed by atoms with Gasteiger partial charge in [-0.25, -0.2) is 0 Å². The molecule has 6 heteroatoms. The Morgan fingerprint density at radius 2 is 2.28 bits per heavy atom. The SMILES string of the molecule is C=CCCC(=O)NCc1ccc(Cl)cc1[N+](=O)[O-]. The molecule has 1 aromatic carbocycles. The minimum atomic E-state index is -0.517. The molecule has 18 heavy (non-hydrogen) atoms. The van der Waals surface area contributed by atoms with Gasteiger partial charge in [-0.1, -0.05) is 17.7 Å². The molecule has 0 saturated carbocycles. The molecule has 0 fully saturated rings. The van der Waals surface area contributed by atoms with E-state index in [9.17, 15) is 14.9 Å². The van der Waals surface area contributed by atoms with Crippen LogP contribution in [-0.2, 0) is 11.3 Å². The van der Waals surface area contributed by atoms with Crippen molar-refractivity contribution in [2.24, 2.45) is 0 Å². The highest BCUT2D eigenvalue weighted by Crippen LogP contribution is 2.22. The molecule has 0 unspecified atom stereocenters. The van der Waals surface area contributed by atoms with Crippen LogP contribution in [0.2, 0.25) is 5.02 Å². The van der Waals surface area contributed by atoms with Gasteiger partial charge in [0.15, 0.2) is 0 Å². The number of hydrogen-bond acceptors (Lipinski definition) is 3. The number of rotatable bonds is 6. The Morgan fingerprint density at radius 1 is 1.56 bits per heavy atom. The molecule has 0 bridgehead atoms. The summed E-state index contributed by atoms with van der Waals surface area (Å²) in [5.41, 5.74) is 0.336. The zero-order valence-corrected chi connectivity index (χ0v) is 10.4. The fraction of sp³-hybridized carbons (Fsp3) is 0.250. The Hall–Kier alpha value is -1.88. The first-order valence-corrected chi connectivity index (χ1v) is 5.73. The van der Waals surface area contributed by atoms with Gasteiger partial charge < -0.3 is 5.32 Å². The number of nitrogens with one attached hydrogen (secondary N) is 1. The number of halogens is 1. The fourth-order valence-electron chi connectivity index (χ4n) is 1.37. The van der Waals surface area contributed by atoms with E-state index in [0.717, 1.165) is 0 Å². The van der Waals surface area contributed by atoms with Gasteiger partial charge >= 0.3 is 0 Å². The summed E-state index contributed by atoms with van der Waals surface area (Å²) in [6.07, 6.45) is 2.55. The lowest BCUT2D eigenvalue weighted by Gasteiger charge is -2.05. The van der Waals surface area contributed by atoms with Crippen LogP contribution in [0.15, 0.2) is 30.9 Å². The number of allylic oxidation sites excluding steroid dienone is 1. The summed E-state index contributed by atoms with van der Waals surface area (Å²) in [6.45, 7) is 3.63. The molecule has 1 N–H and O–H groups in total. The third-order valence-corrected chi connectivity index (χ3v) is 2.53. The van der Waals surface area contributed by atoms with Gasteiger partial charge in [0.2, 0.25) is 5.91 Å². The van der Waals surface area contributed by atoms with Gasteiger partial charge in [-0.15, -0.1) is 6.58 Å². The quantitative estimate of drug-likeness (QED) is 0.490. The highest BCUT2D eigenvalue weighted by Gasteiger charge is 2.14. The Bertz CT molecular complexity index is 474. The predicted octanol–water partition coefficient (Wildman–Crippen LogP) is 2.83. The van der Waals surface area contributed by atoms with Gasteiger partial charge in [0.1, 0.15) is 0 Å². The van der Waals surface area contributed by atoms with Crippen molar-refractivity contribution in [3.63, 3.8) is 0 Å². The highest BCUT2D eigenvalue weighted by atomic mass is 35.5. The first kappa shape index (κ1) is 14.2. The van der Waals surface area contributed by atoms with Crippen molar-refractivity contribution in [1.82, 2.24) is 5.32 Å². The van der Waals surface area contributed by atoms with E-state index in [2.05, 4.69) is 11.9 Å². The van der Waals surface area contributed by atoms with Crippen molar-refractivity contribution >= 4 is 23.2 Å². The summed E-state index contributed by atoms with van der Waals surface area (Å²) in [7, 11) is 0. The predicted molar refractivity (Wildman–Crippen MR) is 69.4 cm³/mol. The van der Waals surface area contributed by atoms with Crippen LogP contribution in [-0.4, -0.2) is 10.8 Å². The lowest BCUT2D eigenvalue weighted by atomic mass is 10.1. The second-order valence-corrected chi connectivity index (χ2v) is 4.07. The number of nitro groups is 1. The smallest absolute Gasteiger partial charge is 0.275 e. The number of carbonyl (C=O) groups is 1. The average molecular weight is 269 g/mol. The van der Waals surface area contributed by atoms with E-state index in [1.54, 1.807) is 12.1 Å². The van der Waals surface area contributed by atoms with E-state index < -0.39 is 4.92 Å². The van der Waals surface area contributed by atoms with Gasteiger partial charge in [0.25, 0.3) is 5.69 Å². The second-order valence-electron chi connectivity index (χ2n) is 3.63. The second kappa shape index (κ2) is 6.76. The molecule has 5 nitrogen and oxygen atoms in total. The lowest BCUT2D eigenvalue weighted by molar-refractivity contribution is -0.385. The molecule has 96 valence electrons. The van der Waals surface area contributed by atoms with Crippen molar-refractivity contribution in [2.45, 2.75) is 19.4 Å². The Labute approximate surface area is 110 Å². The van der Waals surface area contributed by atoms with Crippen molar-refractivity contribution in [2.75, 3.05) is 0 Å². The zero-order chi connectivity index (χ0) is 13.5. The molecule has 0 saturated heterocycles. The van der Waals surface area contributed by atoms with Crippen LogP contribution >= 0.6 is 11.6 Å². The van der Waals surface area contributed by atoms with E-state index in [1.807, 2.05) is 0 Å². The minimum absolute atomic E-state index is 0.0912. The number of nitro benzene ring substituents is 1. The van der Waals surface area contributed by atoms with E-state index in [-0.39, 0.29) is 18.1 Å². The normalized spacial score (nSPS) is 9.83. The summed E-state index contributed by atoms with van der Waals surface area (Å²) >= 11 is 5.69. The van der Waals surface area contributed by atoms with Crippen LogP contribution in [0.5, 0.6) is 0 Å². The molecule has 0 aromatic heterocycles. The molecule has 0 aliphatic rings. The van der Waals surface area contributed by atoms with Crippen molar-refractivity contribution < 1.29 is 9.72 Å². The molecule has 1 rings (SSSR count). The van der Waals surface area contributed by atoms with Crippen LogP contribution in [0.25, 0.3) is 0 Å². The monoisotopic (exact) mass is 268 g/mol. The zero-order valence-electron chi connectivity index (χ0n) is 9.69. The number of benzene rings is 1. The van der Waals surface area contributed by atoms with Gasteiger partial charge in [0.05, 0.1) is 4.92 Å². The number of hydrogen-bond donors (Lipinski definition) is 1. The summed E-state index contributed by atoms with van der Waals surface area (Å²) in [5, 5.41) is 13.7. The summed E-state index contributed by atoms with van der Waals surface area (Å²) in [6, 6.07) is 4.36. The molecular weight excluding hydrogens is 256 g/mol. The fourth-order valence-corrected chi connectivity index (χ4v) is 1.54. The van der Waals surface area contributed by atoms with Crippen LogP contribution < -0.4 is 5.32 Å². The van der Waals surface area contributed by atoms with E-state index >= 15 is 0 Å². The first-order chi connectivity index (χ1) is 8.54. The number of nitrogens with zero attached hydrogens (tertiary/aromatic N) is 1. The molecule has 0 atom stereocenters. The van der Waals surface area contributed by atoms with Crippen molar-refractivity contribution in [1.29, 1.82) is 0 Å². The molecule has 0 spiro atoms. The topological polar surface area (TPSA) is 72.2 Å². The summed E-state index contributed by atoms with van der Waals surface area (Å²) < 4.78 is 0. The lowest BCUT2D eigenvalue weighted by Crippen LogP contribution is -2.22. The first-order valence-electron chi connectivity index (χ1n) is 5.35. The third-order valence-electron chi connectivity index (χ3n) is 2.30. The Morgan fingerprint density at radius 3 is 2.89 bits per heavy atom. The van der Waals surface area contributed by atoms with Gasteiger partial charge in [-0.2, -0.15) is 0 Å². The van der Waals surface area contributed by atoms with Crippen LogP contribution in [0.3, 0.4) is 0 Å². The molecule has 1 amide bonds. The van der Waals surface area contributed by atoms with E-state index in [4.69, 9.17) is 11.6 Å². The maximum Gasteiger partial charge on any atom is 0.275 e. The van der Waals surface area contributed by atoms with Gasteiger partial charge in [0, 0.05) is 29.6 Å². The highest BCUT2D eigenvalue weighted by molar-refractivity contribution is 6.30. The van der Waals surface area contributed by atoms with E-state index in [1.165, 1.54) is 12.1 Å². The molecular formula is C12H13ClN2O3. The van der Waals surface area contributed by atoms with Crippen molar-refractivity contribution in [3.8, 4) is 0 Å². The van der Waals surface area contributed by atoms with Gasteiger partial charge in [-0.3, -0.25) is 14.9 Å². The summed E-state index contributed by atoms with van der Waals surface area (Å²) in [5.74, 6) is -0.167. The molecule has 0 aliphatic heterocycles. The molecule has 0 aliphatic carbocycles. The van der Waals surface area contributed by atoms with Gasteiger partial charge in [-0.05, 0) is 18.6 Å². The molecule has 0 heterocycles. The average Bonchev–Trinajstić information content (AvgIpc) is 2.34. The number of carbonyl (C=O) groups excluding carboxylic acids is 1. The standard InChI is InChI=1S/C12H13ClN2O3/c1-2-3-4-12(16)14-8-9-5-6-10(13)7-11(9)15(17)18/h2,5-7H,1,3-4,8H2,(H,14,16). The maximum absolute atomic E-state index is 11.4. The Balaban J connectivity index is 2.69. The molecule has 0 radical (unpaired) electrons. The van der Waals surface area contributed by atoms with Crippen LogP contribution in [0, 0.1) is 10.1 Å². The maximum atomic E-state index is 11.4. The third kappa shape index (κ3) is 4.18. The molecule has 1 aromatic rings. The summed E-state index contributed by atoms with van der Waals surface area (Å²) in [4.78, 5) is 21.7. The van der Waals surface area contributed by atoms with Crippen molar-refractivity contribution in [3.05, 3.63) is 51.6 Å². The minimum Gasteiger partial charge on any atom is -0.352 e. The Kier molecular flexibility index (Phi) is 5.32. The van der Waals surface area contributed by atoms with Crippen LogP contribution in [0.1, 0.15) is 18.4 Å². The largest absolute Gasteiger partial charge is 0.352 e. The van der Waals surface area contributed by atoms with E-state index in [0.29, 0.717) is 23.4 Å². The van der Waals surface area contributed by atoms with Crippen LogP contribution in [0.4, 0.5) is 5.69 Å². The number of amides is 1.